The van der Waals surface area contributed by atoms with Crippen LogP contribution >= 0.6 is 11.3 Å². The van der Waals surface area contributed by atoms with Crippen LogP contribution in [0.2, 0.25) is 0 Å². The van der Waals surface area contributed by atoms with Crippen molar-refractivity contribution in [2.24, 2.45) is 0 Å². The number of nitrogens with one attached hydrogen (secondary N) is 1. The highest BCUT2D eigenvalue weighted by Crippen LogP contribution is 2.19. The van der Waals surface area contributed by atoms with Crippen molar-refractivity contribution in [2.45, 2.75) is 19.9 Å². The van der Waals surface area contributed by atoms with Gasteiger partial charge in [-0.1, -0.05) is 13.0 Å². The molecule has 2 aromatic rings. The molecule has 0 aliphatic rings. The summed E-state index contributed by atoms with van der Waals surface area (Å²) >= 11 is 1.76. The predicted octanol–water partition coefficient (Wildman–Crippen LogP) is 3.26. The van der Waals surface area contributed by atoms with E-state index in [2.05, 4.69) is 28.2 Å². The van der Waals surface area contributed by atoms with Gasteiger partial charge in [0.05, 0.1) is 11.6 Å². The van der Waals surface area contributed by atoms with Crippen molar-refractivity contribution in [3.05, 3.63) is 40.3 Å². The SMILES string of the molecule is CCc1ncc(CNc2cccc(OCCN(C)C)c2)s1. The Kier molecular flexibility index (Phi) is 6.02. The Labute approximate surface area is 130 Å². The van der Waals surface area contributed by atoms with E-state index in [1.165, 1.54) is 9.88 Å². The lowest BCUT2D eigenvalue weighted by atomic mass is 10.3. The number of ether oxygens (including phenoxy) is 1. The fourth-order valence-corrected chi connectivity index (χ4v) is 2.63. The topological polar surface area (TPSA) is 37.4 Å². The Hall–Kier alpha value is -1.59. The van der Waals surface area contributed by atoms with Gasteiger partial charge in [-0.05, 0) is 32.6 Å². The molecule has 1 N–H and O–H groups in total. The average Bonchev–Trinajstić information content (AvgIpc) is 2.93. The number of rotatable bonds is 8. The van der Waals surface area contributed by atoms with Crippen LogP contribution in [0.4, 0.5) is 5.69 Å². The number of likely N-dealkylation sites (N-methyl/N-ethyl adjacent to an activating group) is 1. The summed E-state index contributed by atoms with van der Waals surface area (Å²) in [7, 11) is 4.09. The van der Waals surface area contributed by atoms with E-state index < -0.39 is 0 Å². The van der Waals surface area contributed by atoms with Crippen LogP contribution < -0.4 is 10.1 Å². The first-order valence-corrected chi connectivity index (χ1v) is 8.04. The van der Waals surface area contributed by atoms with Crippen molar-refractivity contribution >= 4 is 17.0 Å². The molecule has 1 aromatic carbocycles. The van der Waals surface area contributed by atoms with Gasteiger partial charge in [-0.3, -0.25) is 0 Å². The highest BCUT2D eigenvalue weighted by molar-refractivity contribution is 7.11. The molecule has 1 heterocycles. The van der Waals surface area contributed by atoms with Crippen molar-refractivity contribution < 1.29 is 4.74 Å². The third-order valence-electron chi connectivity index (χ3n) is 3.01. The molecular weight excluding hydrogens is 282 g/mol. The summed E-state index contributed by atoms with van der Waals surface area (Å²) in [5.74, 6) is 0.903. The van der Waals surface area contributed by atoms with Gasteiger partial charge in [0.25, 0.3) is 0 Å². The summed E-state index contributed by atoms with van der Waals surface area (Å²) in [4.78, 5) is 7.73. The maximum Gasteiger partial charge on any atom is 0.121 e. The molecule has 2 rings (SSSR count). The summed E-state index contributed by atoms with van der Waals surface area (Å²) in [5, 5.41) is 4.61. The Morgan fingerprint density at radius 3 is 2.90 bits per heavy atom. The smallest absolute Gasteiger partial charge is 0.121 e. The van der Waals surface area contributed by atoms with E-state index in [4.69, 9.17) is 4.74 Å². The van der Waals surface area contributed by atoms with Gasteiger partial charge in [0.1, 0.15) is 12.4 Å². The number of hydrogen-bond donors (Lipinski definition) is 1. The Morgan fingerprint density at radius 1 is 1.33 bits per heavy atom. The second-order valence-electron chi connectivity index (χ2n) is 5.11. The third kappa shape index (κ3) is 5.36. The van der Waals surface area contributed by atoms with Crippen molar-refractivity contribution in [1.82, 2.24) is 9.88 Å². The molecule has 0 saturated heterocycles. The summed E-state index contributed by atoms with van der Waals surface area (Å²) in [6.07, 6.45) is 2.95. The van der Waals surface area contributed by atoms with Gasteiger partial charge in [-0.15, -0.1) is 11.3 Å². The molecule has 0 fully saturated rings. The van der Waals surface area contributed by atoms with Crippen LogP contribution in [0.15, 0.2) is 30.5 Å². The maximum absolute atomic E-state index is 5.74. The fourth-order valence-electron chi connectivity index (χ4n) is 1.82. The van der Waals surface area contributed by atoms with Crippen LogP contribution in [-0.4, -0.2) is 37.1 Å². The van der Waals surface area contributed by atoms with Crippen LogP contribution in [-0.2, 0) is 13.0 Å². The van der Waals surface area contributed by atoms with Gasteiger partial charge in [0.2, 0.25) is 0 Å². The molecule has 0 amide bonds. The van der Waals surface area contributed by atoms with E-state index in [0.717, 1.165) is 30.9 Å². The zero-order valence-corrected chi connectivity index (χ0v) is 13.7. The molecule has 1 aromatic heterocycles. The van der Waals surface area contributed by atoms with E-state index in [0.29, 0.717) is 6.61 Å². The molecule has 0 radical (unpaired) electrons. The zero-order chi connectivity index (χ0) is 15.1. The first kappa shape index (κ1) is 15.8. The monoisotopic (exact) mass is 305 g/mol. The van der Waals surface area contributed by atoms with Crippen LogP contribution in [0.25, 0.3) is 0 Å². The molecule has 21 heavy (non-hydrogen) atoms. The average molecular weight is 305 g/mol. The molecule has 0 bridgehead atoms. The molecule has 0 saturated carbocycles. The second-order valence-corrected chi connectivity index (χ2v) is 6.31. The first-order valence-electron chi connectivity index (χ1n) is 7.22. The van der Waals surface area contributed by atoms with Gasteiger partial charge in [-0.25, -0.2) is 4.98 Å². The lowest BCUT2D eigenvalue weighted by molar-refractivity contribution is 0.261. The van der Waals surface area contributed by atoms with Gasteiger partial charge in [0, 0.05) is 29.4 Å². The van der Waals surface area contributed by atoms with Crippen molar-refractivity contribution in [3.8, 4) is 5.75 Å². The van der Waals surface area contributed by atoms with Crippen LogP contribution in [0.3, 0.4) is 0 Å². The first-order chi connectivity index (χ1) is 10.2. The maximum atomic E-state index is 5.74. The van der Waals surface area contributed by atoms with Crippen molar-refractivity contribution in [3.63, 3.8) is 0 Å². The van der Waals surface area contributed by atoms with E-state index in [9.17, 15) is 0 Å². The van der Waals surface area contributed by atoms with E-state index in [1.807, 2.05) is 38.5 Å². The predicted molar refractivity (Wildman–Crippen MR) is 89.3 cm³/mol. The van der Waals surface area contributed by atoms with Gasteiger partial charge in [0.15, 0.2) is 0 Å². The number of aryl methyl sites for hydroxylation is 1. The van der Waals surface area contributed by atoms with Gasteiger partial charge >= 0.3 is 0 Å². The molecule has 0 atom stereocenters. The van der Waals surface area contributed by atoms with E-state index >= 15 is 0 Å². The zero-order valence-electron chi connectivity index (χ0n) is 12.9. The largest absolute Gasteiger partial charge is 0.492 e. The lowest BCUT2D eigenvalue weighted by Gasteiger charge is -2.12. The molecule has 114 valence electrons. The number of anilines is 1. The molecular formula is C16H23N3OS. The fraction of sp³-hybridized carbons (Fsp3) is 0.438. The van der Waals surface area contributed by atoms with Crippen LogP contribution in [0, 0.1) is 0 Å². The summed E-state index contributed by atoms with van der Waals surface area (Å²) in [6.45, 7) is 4.55. The Balaban J connectivity index is 1.85. The summed E-state index contributed by atoms with van der Waals surface area (Å²) < 4.78 is 5.74. The molecule has 0 spiro atoms. The van der Waals surface area contributed by atoms with Gasteiger partial charge in [-0.2, -0.15) is 0 Å². The highest BCUT2D eigenvalue weighted by atomic mass is 32.1. The van der Waals surface area contributed by atoms with Crippen molar-refractivity contribution in [2.75, 3.05) is 32.6 Å². The quantitative estimate of drug-likeness (QED) is 0.812. The molecule has 0 unspecified atom stereocenters. The molecule has 0 aliphatic carbocycles. The minimum absolute atomic E-state index is 0.700. The summed E-state index contributed by atoms with van der Waals surface area (Å²) in [6, 6.07) is 8.10. The van der Waals surface area contributed by atoms with Crippen LogP contribution in [0.1, 0.15) is 16.8 Å². The molecule has 0 aliphatic heterocycles. The van der Waals surface area contributed by atoms with Crippen LogP contribution in [0.5, 0.6) is 5.75 Å². The number of benzene rings is 1. The van der Waals surface area contributed by atoms with E-state index in [-0.39, 0.29) is 0 Å². The Bertz CT molecular complexity index is 554. The standard InChI is InChI=1S/C16H23N3OS/c1-4-16-18-12-15(21-16)11-17-13-6-5-7-14(10-13)20-9-8-19(2)3/h5-7,10,12,17H,4,8-9,11H2,1-3H3. The van der Waals surface area contributed by atoms with Crippen molar-refractivity contribution in [1.29, 1.82) is 0 Å². The second kappa shape index (κ2) is 8.00. The number of nitrogens with zero attached hydrogens (tertiary/aromatic N) is 2. The molecule has 5 heteroatoms. The highest BCUT2D eigenvalue weighted by Gasteiger charge is 2.01. The number of hydrogen-bond acceptors (Lipinski definition) is 5. The van der Waals surface area contributed by atoms with Gasteiger partial charge < -0.3 is 15.0 Å². The van der Waals surface area contributed by atoms with E-state index in [1.54, 1.807) is 11.3 Å². The molecule has 4 nitrogen and oxygen atoms in total. The normalized spacial score (nSPS) is 10.9. The summed E-state index contributed by atoms with van der Waals surface area (Å²) in [5.41, 5.74) is 1.07. The number of thiazole rings is 1. The lowest BCUT2D eigenvalue weighted by Crippen LogP contribution is -2.19. The minimum atomic E-state index is 0.700. The third-order valence-corrected chi connectivity index (χ3v) is 4.15. The number of aromatic nitrogens is 1. The Morgan fingerprint density at radius 2 is 2.19 bits per heavy atom. The minimum Gasteiger partial charge on any atom is -0.492 e.